The Kier molecular flexibility index (Phi) is 5.21. The summed E-state index contributed by atoms with van der Waals surface area (Å²) >= 11 is 0. The Bertz CT molecular complexity index is 903. The van der Waals surface area contributed by atoms with Crippen LogP contribution in [0.1, 0.15) is 39.5 Å². The molecule has 1 aromatic carbocycles. The van der Waals surface area contributed by atoms with E-state index in [1.54, 1.807) is 9.80 Å². The van der Waals surface area contributed by atoms with Crippen molar-refractivity contribution < 1.29 is 18.7 Å². The fourth-order valence-corrected chi connectivity index (χ4v) is 3.63. The largest absolute Gasteiger partial charge is 0.440 e. The summed E-state index contributed by atoms with van der Waals surface area (Å²) in [5.74, 6) is 0.719. The van der Waals surface area contributed by atoms with Crippen molar-refractivity contribution in [3.8, 4) is 0 Å². The summed E-state index contributed by atoms with van der Waals surface area (Å²) in [7, 11) is 0. The number of ether oxygens (including phenoxy) is 1. The zero-order valence-electron chi connectivity index (χ0n) is 17.2. The van der Waals surface area contributed by atoms with Crippen molar-refractivity contribution in [2.45, 2.75) is 45.1 Å². The van der Waals surface area contributed by atoms with E-state index in [1.165, 1.54) is 0 Å². The standard InChI is InChI=1S/C21H28N4O4/c1-21(2,3)19-23-15-13-14(6-7-16(15)29-19)22-20(27)25-10-8-24(9-11-25)18(26)17-5-4-12-28-17/h6-7,13,17H,4-5,8-12H2,1-3H3,(H,22,27). The van der Waals surface area contributed by atoms with Crippen LogP contribution in [-0.4, -0.2) is 65.6 Å². The Morgan fingerprint density at radius 1 is 1.14 bits per heavy atom. The highest BCUT2D eigenvalue weighted by Crippen LogP contribution is 2.27. The molecule has 2 aromatic rings. The van der Waals surface area contributed by atoms with Gasteiger partial charge in [-0.15, -0.1) is 0 Å². The zero-order valence-corrected chi connectivity index (χ0v) is 17.2. The summed E-state index contributed by atoms with van der Waals surface area (Å²) in [6.07, 6.45) is 1.43. The molecule has 1 atom stereocenters. The fourth-order valence-electron chi connectivity index (χ4n) is 3.63. The minimum Gasteiger partial charge on any atom is -0.440 e. The van der Waals surface area contributed by atoms with Crippen molar-refractivity contribution in [1.82, 2.24) is 14.8 Å². The number of piperazine rings is 1. The quantitative estimate of drug-likeness (QED) is 0.837. The predicted octanol–water partition coefficient (Wildman–Crippen LogP) is 2.98. The van der Waals surface area contributed by atoms with E-state index in [1.807, 2.05) is 39.0 Å². The van der Waals surface area contributed by atoms with Gasteiger partial charge < -0.3 is 24.3 Å². The molecule has 0 radical (unpaired) electrons. The number of nitrogens with one attached hydrogen (secondary N) is 1. The first-order chi connectivity index (χ1) is 13.8. The molecule has 3 heterocycles. The van der Waals surface area contributed by atoms with Gasteiger partial charge in [-0.3, -0.25) is 4.79 Å². The number of carbonyl (C=O) groups excluding carboxylic acids is 2. The van der Waals surface area contributed by atoms with Gasteiger partial charge in [0.2, 0.25) is 5.89 Å². The highest BCUT2D eigenvalue weighted by atomic mass is 16.5. The lowest BCUT2D eigenvalue weighted by molar-refractivity contribution is -0.142. The predicted molar refractivity (Wildman–Crippen MR) is 109 cm³/mol. The minimum atomic E-state index is -0.303. The molecular weight excluding hydrogens is 372 g/mol. The van der Waals surface area contributed by atoms with Crippen LogP contribution in [-0.2, 0) is 14.9 Å². The molecule has 2 aliphatic rings. The smallest absolute Gasteiger partial charge is 0.321 e. The SMILES string of the molecule is CC(C)(C)c1nc2cc(NC(=O)N3CCN(C(=O)C4CCCO4)CC3)ccc2o1. The summed E-state index contributed by atoms with van der Waals surface area (Å²) < 4.78 is 11.3. The van der Waals surface area contributed by atoms with Crippen LogP contribution in [0, 0.1) is 0 Å². The van der Waals surface area contributed by atoms with Crippen LogP contribution < -0.4 is 5.32 Å². The third-order valence-electron chi connectivity index (χ3n) is 5.36. The molecule has 0 aliphatic carbocycles. The first-order valence-corrected chi connectivity index (χ1v) is 10.2. The Morgan fingerprint density at radius 2 is 1.86 bits per heavy atom. The number of oxazole rings is 1. The van der Waals surface area contributed by atoms with Gasteiger partial charge in [-0.1, -0.05) is 20.8 Å². The Hall–Kier alpha value is -2.61. The number of nitrogens with zero attached hydrogens (tertiary/aromatic N) is 3. The number of anilines is 1. The monoisotopic (exact) mass is 400 g/mol. The van der Waals surface area contributed by atoms with E-state index in [-0.39, 0.29) is 23.5 Å². The van der Waals surface area contributed by atoms with Crippen LogP contribution in [0.15, 0.2) is 22.6 Å². The number of rotatable bonds is 2. The van der Waals surface area contributed by atoms with Crippen molar-refractivity contribution in [1.29, 1.82) is 0 Å². The van der Waals surface area contributed by atoms with E-state index in [0.717, 1.165) is 18.4 Å². The molecular formula is C21H28N4O4. The summed E-state index contributed by atoms with van der Waals surface area (Å²) in [5.41, 5.74) is 1.92. The molecule has 4 rings (SSSR count). The second kappa shape index (κ2) is 7.67. The van der Waals surface area contributed by atoms with Crippen LogP contribution in [0.4, 0.5) is 10.5 Å². The number of fused-ring (bicyclic) bond motifs is 1. The van der Waals surface area contributed by atoms with Gasteiger partial charge in [-0.25, -0.2) is 9.78 Å². The summed E-state index contributed by atoms with van der Waals surface area (Å²) in [6, 6.07) is 5.29. The van der Waals surface area contributed by atoms with Gasteiger partial charge in [0.25, 0.3) is 5.91 Å². The average molecular weight is 400 g/mol. The van der Waals surface area contributed by atoms with Crippen molar-refractivity contribution in [2.75, 3.05) is 38.1 Å². The molecule has 1 aromatic heterocycles. The van der Waals surface area contributed by atoms with E-state index in [4.69, 9.17) is 9.15 Å². The van der Waals surface area contributed by atoms with Crippen LogP contribution in [0.2, 0.25) is 0 Å². The number of urea groups is 1. The van der Waals surface area contributed by atoms with E-state index in [9.17, 15) is 9.59 Å². The maximum absolute atomic E-state index is 12.6. The maximum atomic E-state index is 12.6. The Labute approximate surface area is 170 Å². The molecule has 2 saturated heterocycles. The molecule has 156 valence electrons. The number of hydrogen-bond acceptors (Lipinski definition) is 5. The molecule has 0 spiro atoms. The molecule has 29 heavy (non-hydrogen) atoms. The zero-order chi connectivity index (χ0) is 20.6. The first-order valence-electron chi connectivity index (χ1n) is 10.2. The van der Waals surface area contributed by atoms with Gasteiger partial charge in [0.15, 0.2) is 5.58 Å². The van der Waals surface area contributed by atoms with Crippen LogP contribution in [0.3, 0.4) is 0 Å². The van der Waals surface area contributed by atoms with Crippen LogP contribution >= 0.6 is 0 Å². The van der Waals surface area contributed by atoms with Crippen molar-refractivity contribution in [2.24, 2.45) is 0 Å². The van der Waals surface area contributed by atoms with Gasteiger partial charge in [0.1, 0.15) is 11.6 Å². The second-order valence-electron chi connectivity index (χ2n) is 8.70. The third kappa shape index (κ3) is 4.22. The molecule has 1 N–H and O–H groups in total. The molecule has 8 heteroatoms. The van der Waals surface area contributed by atoms with Gasteiger partial charge in [-0.2, -0.15) is 0 Å². The lowest BCUT2D eigenvalue weighted by atomic mass is 9.97. The van der Waals surface area contributed by atoms with Crippen molar-refractivity contribution in [3.05, 3.63) is 24.1 Å². The molecule has 3 amide bonds. The molecule has 1 unspecified atom stereocenters. The van der Waals surface area contributed by atoms with E-state index >= 15 is 0 Å². The number of hydrogen-bond donors (Lipinski definition) is 1. The van der Waals surface area contributed by atoms with E-state index in [0.29, 0.717) is 49.9 Å². The van der Waals surface area contributed by atoms with Crippen molar-refractivity contribution in [3.63, 3.8) is 0 Å². The molecule has 0 saturated carbocycles. The highest BCUT2D eigenvalue weighted by Gasteiger charge is 2.31. The van der Waals surface area contributed by atoms with Crippen LogP contribution in [0.25, 0.3) is 11.1 Å². The van der Waals surface area contributed by atoms with Crippen molar-refractivity contribution >= 4 is 28.7 Å². The number of carbonyl (C=O) groups is 2. The lowest BCUT2D eigenvalue weighted by Crippen LogP contribution is -2.53. The third-order valence-corrected chi connectivity index (χ3v) is 5.36. The molecule has 2 fully saturated rings. The highest BCUT2D eigenvalue weighted by molar-refractivity contribution is 5.92. The minimum absolute atomic E-state index is 0.0497. The lowest BCUT2D eigenvalue weighted by Gasteiger charge is -2.35. The average Bonchev–Trinajstić information content (AvgIpc) is 3.36. The van der Waals surface area contributed by atoms with Gasteiger partial charge in [0, 0.05) is 43.9 Å². The number of amides is 3. The maximum Gasteiger partial charge on any atom is 0.321 e. The molecule has 0 bridgehead atoms. The normalized spacial score (nSPS) is 20.3. The second-order valence-corrected chi connectivity index (χ2v) is 8.70. The van der Waals surface area contributed by atoms with Gasteiger partial charge in [-0.05, 0) is 31.0 Å². The summed E-state index contributed by atoms with van der Waals surface area (Å²) in [4.78, 5) is 33.1. The van der Waals surface area contributed by atoms with Gasteiger partial charge >= 0.3 is 6.03 Å². The van der Waals surface area contributed by atoms with Crippen LogP contribution in [0.5, 0.6) is 0 Å². The Morgan fingerprint density at radius 3 is 2.52 bits per heavy atom. The topological polar surface area (TPSA) is 87.9 Å². The first kappa shape index (κ1) is 19.7. The Balaban J connectivity index is 1.35. The number of benzene rings is 1. The van der Waals surface area contributed by atoms with E-state index < -0.39 is 0 Å². The number of aromatic nitrogens is 1. The summed E-state index contributed by atoms with van der Waals surface area (Å²) in [5, 5.41) is 2.93. The summed E-state index contributed by atoms with van der Waals surface area (Å²) in [6.45, 7) is 8.87. The van der Waals surface area contributed by atoms with Gasteiger partial charge in [0.05, 0.1) is 0 Å². The molecule has 2 aliphatic heterocycles. The fraction of sp³-hybridized carbons (Fsp3) is 0.571. The molecule has 8 nitrogen and oxygen atoms in total. The van der Waals surface area contributed by atoms with E-state index in [2.05, 4.69) is 10.3 Å².